The normalized spacial score (nSPS) is 23.3. The number of anilines is 1. The fraction of sp³-hybridized carbons (Fsp3) is 0.692. The maximum atomic E-state index is 12.0. The first kappa shape index (κ1) is 14.5. The van der Waals surface area contributed by atoms with E-state index in [4.69, 9.17) is 0 Å². The average Bonchev–Trinajstić information content (AvgIpc) is 2.41. The van der Waals surface area contributed by atoms with Crippen molar-refractivity contribution in [2.24, 2.45) is 0 Å². The molecule has 2 rings (SSSR count). The van der Waals surface area contributed by atoms with Crippen LogP contribution in [0, 0.1) is 0 Å². The van der Waals surface area contributed by atoms with Crippen molar-refractivity contribution in [2.45, 2.75) is 57.7 Å². The van der Waals surface area contributed by atoms with Crippen molar-refractivity contribution in [2.75, 3.05) is 5.32 Å². The van der Waals surface area contributed by atoms with Crippen molar-refractivity contribution in [1.29, 1.82) is 0 Å². The summed E-state index contributed by atoms with van der Waals surface area (Å²) in [6.07, 6.45) is 5.89. The highest BCUT2D eigenvalue weighted by molar-refractivity contribution is 9.10. The number of nitrogens with one attached hydrogen (secondary N) is 1. The molecule has 0 radical (unpaired) electrons. The topological polar surface area (TPSA) is 67.2 Å². The van der Waals surface area contributed by atoms with Gasteiger partial charge in [0.15, 0.2) is 0 Å². The predicted octanol–water partition coefficient (Wildman–Crippen LogP) is 2.13. The van der Waals surface area contributed by atoms with Crippen LogP contribution in [-0.4, -0.2) is 27.0 Å². The summed E-state index contributed by atoms with van der Waals surface area (Å²) < 4.78 is 2.02. The lowest BCUT2D eigenvalue weighted by Crippen LogP contribution is -2.30. The van der Waals surface area contributed by atoms with Crippen molar-refractivity contribution >= 4 is 21.6 Å². The maximum absolute atomic E-state index is 12.0. The molecule has 0 aliphatic heterocycles. The van der Waals surface area contributed by atoms with E-state index in [-0.39, 0.29) is 11.7 Å². The molecule has 0 spiro atoms. The zero-order valence-corrected chi connectivity index (χ0v) is 12.7. The van der Waals surface area contributed by atoms with Crippen molar-refractivity contribution in [1.82, 2.24) is 9.78 Å². The highest BCUT2D eigenvalue weighted by Crippen LogP contribution is 2.24. The molecule has 19 heavy (non-hydrogen) atoms. The molecular weight excluding hydrogens is 310 g/mol. The third-order valence-electron chi connectivity index (χ3n) is 3.48. The SMILES string of the molecule is CCCn1ncc(NC2CCC(O)CC2)c(Br)c1=O. The number of aliphatic hydroxyl groups excluding tert-OH is 1. The quantitative estimate of drug-likeness (QED) is 0.888. The number of halogens is 1. The fourth-order valence-electron chi connectivity index (χ4n) is 2.38. The molecule has 0 aromatic carbocycles. The molecule has 6 heteroatoms. The Morgan fingerprint density at radius 2 is 2.16 bits per heavy atom. The van der Waals surface area contributed by atoms with Crippen LogP contribution in [0.25, 0.3) is 0 Å². The Morgan fingerprint density at radius 1 is 1.47 bits per heavy atom. The Bertz CT molecular complexity index is 481. The van der Waals surface area contributed by atoms with Gasteiger partial charge in [0.25, 0.3) is 5.56 Å². The Balaban J connectivity index is 2.09. The molecule has 5 nitrogen and oxygen atoms in total. The van der Waals surface area contributed by atoms with Crippen LogP contribution in [0.2, 0.25) is 0 Å². The molecule has 0 amide bonds. The highest BCUT2D eigenvalue weighted by atomic mass is 79.9. The minimum Gasteiger partial charge on any atom is -0.393 e. The van der Waals surface area contributed by atoms with Gasteiger partial charge >= 0.3 is 0 Å². The number of aryl methyl sites for hydroxylation is 1. The van der Waals surface area contributed by atoms with Gasteiger partial charge in [-0.05, 0) is 48.0 Å². The van der Waals surface area contributed by atoms with Crippen LogP contribution < -0.4 is 10.9 Å². The summed E-state index contributed by atoms with van der Waals surface area (Å²) >= 11 is 3.35. The van der Waals surface area contributed by atoms with E-state index in [1.807, 2.05) is 6.92 Å². The van der Waals surface area contributed by atoms with E-state index < -0.39 is 0 Å². The van der Waals surface area contributed by atoms with Crippen LogP contribution in [0.5, 0.6) is 0 Å². The zero-order valence-electron chi connectivity index (χ0n) is 11.1. The van der Waals surface area contributed by atoms with Gasteiger partial charge < -0.3 is 10.4 Å². The number of hydrogen-bond donors (Lipinski definition) is 2. The average molecular weight is 330 g/mol. The molecular formula is C13H20BrN3O2. The van der Waals surface area contributed by atoms with Crippen LogP contribution in [0.1, 0.15) is 39.0 Å². The van der Waals surface area contributed by atoms with Gasteiger partial charge in [-0.25, -0.2) is 4.68 Å². The standard InChI is InChI=1S/C13H20BrN3O2/c1-2-7-17-13(19)12(14)11(8-15-17)16-9-3-5-10(18)6-4-9/h8-10,16,18H,2-7H2,1H3. The monoisotopic (exact) mass is 329 g/mol. The molecule has 0 atom stereocenters. The lowest BCUT2D eigenvalue weighted by Gasteiger charge is -2.27. The van der Waals surface area contributed by atoms with Crippen LogP contribution in [0.15, 0.2) is 15.5 Å². The van der Waals surface area contributed by atoms with Gasteiger partial charge in [0.05, 0.1) is 18.0 Å². The number of hydrogen-bond acceptors (Lipinski definition) is 4. The van der Waals surface area contributed by atoms with Crippen LogP contribution >= 0.6 is 15.9 Å². The van der Waals surface area contributed by atoms with Gasteiger partial charge in [-0.1, -0.05) is 6.92 Å². The fourth-order valence-corrected chi connectivity index (χ4v) is 2.80. The highest BCUT2D eigenvalue weighted by Gasteiger charge is 2.20. The summed E-state index contributed by atoms with van der Waals surface area (Å²) in [7, 11) is 0. The Kier molecular flexibility index (Phi) is 4.99. The zero-order chi connectivity index (χ0) is 13.8. The summed E-state index contributed by atoms with van der Waals surface area (Å²) in [5, 5.41) is 17.0. The van der Waals surface area contributed by atoms with Crippen molar-refractivity contribution in [3.63, 3.8) is 0 Å². The van der Waals surface area contributed by atoms with E-state index in [1.165, 1.54) is 4.68 Å². The van der Waals surface area contributed by atoms with E-state index >= 15 is 0 Å². The first-order valence-electron chi connectivity index (χ1n) is 6.82. The van der Waals surface area contributed by atoms with Gasteiger partial charge in [-0.2, -0.15) is 5.10 Å². The Morgan fingerprint density at radius 3 is 2.79 bits per heavy atom. The van der Waals surface area contributed by atoms with E-state index in [0.29, 0.717) is 17.1 Å². The number of aliphatic hydroxyl groups is 1. The molecule has 0 saturated heterocycles. The molecule has 106 valence electrons. The molecule has 1 aliphatic carbocycles. The van der Waals surface area contributed by atoms with Gasteiger partial charge in [0, 0.05) is 12.6 Å². The molecule has 1 heterocycles. The van der Waals surface area contributed by atoms with Crippen LogP contribution in [0.3, 0.4) is 0 Å². The van der Waals surface area contributed by atoms with Crippen molar-refractivity contribution < 1.29 is 5.11 Å². The Hall–Kier alpha value is -0.880. The molecule has 1 aromatic heterocycles. The van der Waals surface area contributed by atoms with Crippen LogP contribution in [0.4, 0.5) is 5.69 Å². The third kappa shape index (κ3) is 3.57. The maximum Gasteiger partial charge on any atom is 0.283 e. The first-order valence-corrected chi connectivity index (χ1v) is 7.61. The van der Waals surface area contributed by atoms with E-state index in [0.717, 1.165) is 37.8 Å². The molecule has 1 aromatic rings. The molecule has 0 unspecified atom stereocenters. The smallest absolute Gasteiger partial charge is 0.283 e. The molecule has 1 aliphatic rings. The second-order valence-corrected chi connectivity index (χ2v) is 5.84. The number of nitrogens with zero attached hydrogens (tertiary/aromatic N) is 2. The molecule has 1 saturated carbocycles. The van der Waals surface area contributed by atoms with Gasteiger partial charge in [0.2, 0.25) is 0 Å². The third-order valence-corrected chi connectivity index (χ3v) is 4.24. The van der Waals surface area contributed by atoms with Gasteiger partial charge in [0.1, 0.15) is 4.47 Å². The minimum absolute atomic E-state index is 0.0947. The first-order chi connectivity index (χ1) is 9.11. The lowest BCUT2D eigenvalue weighted by molar-refractivity contribution is 0.126. The second-order valence-electron chi connectivity index (χ2n) is 5.05. The summed E-state index contributed by atoms with van der Waals surface area (Å²) in [5.41, 5.74) is 0.654. The minimum atomic E-state index is -0.169. The van der Waals surface area contributed by atoms with Gasteiger partial charge in [-0.15, -0.1) is 0 Å². The Labute approximate surface area is 121 Å². The summed E-state index contributed by atoms with van der Waals surface area (Å²) in [6.45, 7) is 2.65. The number of aromatic nitrogens is 2. The van der Waals surface area contributed by atoms with E-state index in [1.54, 1.807) is 6.20 Å². The lowest BCUT2D eigenvalue weighted by atomic mass is 9.93. The largest absolute Gasteiger partial charge is 0.393 e. The summed E-state index contributed by atoms with van der Waals surface area (Å²) in [5.74, 6) is 0. The van der Waals surface area contributed by atoms with E-state index in [9.17, 15) is 9.90 Å². The van der Waals surface area contributed by atoms with E-state index in [2.05, 4.69) is 26.3 Å². The molecule has 2 N–H and O–H groups in total. The van der Waals surface area contributed by atoms with Gasteiger partial charge in [-0.3, -0.25) is 4.79 Å². The van der Waals surface area contributed by atoms with Crippen molar-refractivity contribution in [3.05, 3.63) is 21.0 Å². The van der Waals surface area contributed by atoms with Crippen molar-refractivity contribution in [3.8, 4) is 0 Å². The van der Waals surface area contributed by atoms with Crippen LogP contribution in [-0.2, 0) is 6.54 Å². The summed E-state index contributed by atoms with van der Waals surface area (Å²) in [4.78, 5) is 12.0. The summed E-state index contributed by atoms with van der Waals surface area (Å²) in [6, 6.07) is 0.308. The molecule has 1 fully saturated rings. The predicted molar refractivity (Wildman–Crippen MR) is 78.4 cm³/mol. The number of rotatable bonds is 4. The molecule has 0 bridgehead atoms. The second kappa shape index (κ2) is 6.52.